The Bertz CT molecular complexity index is 887. The topological polar surface area (TPSA) is 77.2 Å². The zero-order valence-electron chi connectivity index (χ0n) is 14.7. The molecule has 0 spiro atoms. The van der Waals surface area contributed by atoms with E-state index in [4.69, 9.17) is 10.5 Å². The van der Waals surface area contributed by atoms with Crippen LogP contribution >= 0.6 is 0 Å². The van der Waals surface area contributed by atoms with Crippen molar-refractivity contribution in [3.8, 4) is 22.3 Å². The Labute approximate surface area is 152 Å². The molecule has 1 aliphatic heterocycles. The van der Waals surface area contributed by atoms with Gasteiger partial charge in [-0.1, -0.05) is 6.07 Å². The first-order valence-electron chi connectivity index (χ1n) is 8.68. The molecular formula is C20H21N5O. The summed E-state index contributed by atoms with van der Waals surface area (Å²) in [6, 6.07) is 10.1. The first-order chi connectivity index (χ1) is 12.7. The lowest BCUT2D eigenvalue weighted by molar-refractivity contribution is 0.122. The van der Waals surface area contributed by atoms with Crippen LogP contribution in [0.3, 0.4) is 0 Å². The fourth-order valence-corrected chi connectivity index (χ4v) is 3.03. The Morgan fingerprint density at radius 2 is 1.62 bits per heavy atom. The fraction of sp³-hybridized carbons (Fsp3) is 0.250. The van der Waals surface area contributed by atoms with E-state index in [-0.39, 0.29) is 0 Å². The number of anilines is 2. The zero-order chi connectivity index (χ0) is 17.9. The maximum absolute atomic E-state index is 6.09. The summed E-state index contributed by atoms with van der Waals surface area (Å²) in [5, 5.41) is 0. The summed E-state index contributed by atoms with van der Waals surface area (Å²) in [4.78, 5) is 15.6. The van der Waals surface area contributed by atoms with Gasteiger partial charge in [0, 0.05) is 59.6 Å². The average molecular weight is 347 g/mol. The molecule has 6 nitrogen and oxygen atoms in total. The maximum Gasteiger partial charge on any atom is 0.131 e. The smallest absolute Gasteiger partial charge is 0.131 e. The minimum Gasteiger partial charge on any atom is -0.383 e. The van der Waals surface area contributed by atoms with Gasteiger partial charge in [-0.15, -0.1) is 0 Å². The average Bonchev–Trinajstić information content (AvgIpc) is 2.70. The summed E-state index contributed by atoms with van der Waals surface area (Å²) in [6.07, 6.45) is 5.49. The van der Waals surface area contributed by atoms with Gasteiger partial charge < -0.3 is 15.4 Å². The van der Waals surface area contributed by atoms with Crippen LogP contribution in [0.25, 0.3) is 22.3 Å². The molecule has 0 radical (unpaired) electrons. The van der Waals surface area contributed by atoms with Crippen molar-refractivity contribution < 1.29 is 4.74 Å². The Morgan fingerprint density at radius 3 is 2.31 bits per heavy atom. The molecule has 0 saturated carbocycles. The lowest BCUT2D eigenvalue weighted by Gasteiger charge is -2.27. The van der Waals surface area contributed by atoms with Crippen LogP contribution in [-0.4, -0.2) is 41.3 Å². The summed E-state index contributed by atoms with van der Waals surface area (Å²) in [5.41, 5.74) is 10.9. The Hall–Kier alpha value is -2.99. The Kier molecular flexibility index (Phi) is 4.50. The van der Waals surface area contributed by atoms with E-state index in [0.29, 0.717) is 5.82 Å². The van der Waals surface area contributed by atoms with Crippen LogP contribution < -0.4 is 10.6 Å². The van der Waals surface area contributed by atoms with E-state index in [9.17, 15) is 0 Å². The molecule has 3 aromatic rings. The van der Waals surface area contributed by atoms with Crippen LogP contribution in [0.15, 0.2) is 48.9 Å². The molecule has 0 aromatic carbocycles. The lowest BCUT2D eigenvalue weighted by atomic mass is 10.0. The van der Waals surface area contributed by atoms with E-state index in [0.717, 1.165) is 60.1 Å². The molecule has 0 aliphatic carbocycles. The highest BCUT2D eigenvalue weighted by Crippen LogP contribution is 2.29. The molecule has 0 unspecified atom stereocenters. The molecule has 2 N–H and O–H groups in total. The lowest BCUT2D eigenvalue weighted by Crippen LogP contribution is -2.36. The number of pyridine rings is 3. The molecule has 4 heterocycles. The van der Waals surface area contributed by atoms with Crippen molar-refractivity contribution >= 4 is 11.6 Å². The van der Waals surface area contributed by atoms with Crippen molar-refractivity contribution in [3.63, 3.8) is 0 Å². The zero-order valence-corrected chi connectivity index (χ0v) is 14.7. The van der Waals surface area contributed by atoms with Gasteiger partial charge in [0.05, 0.1) is 13.2 Å². The third-order valence-electron chi connectivity index (χ3n) is 4.56. The fourth-order valence-electron chi connectivity index (χ4n) is 3.03. The van der Waals surface area contributed by atoms with Gasteiger partial charge in [-0.3, -0.25) is 4.98 Å². The Balaban J connectivity index is 1.63. The molecule has 3 aromatic heterocycles. The van der Waals surface area contributed by atoms with E-state index >= 15 is 0 Å². The van der Waals surface area contributed by atoms with Gasteiger partial charge in [0.1, 0.15) is 11.6 Å². The molecule has 0 atom stereocenters. The van der Waals surface area contributed by atoms with Gasteiger partial charge in [0.2, 0.25) is 0 Å². The molecule has 1 saturated heterocycles. The number of morpholine rings is 1. The monoisotopic (exact) mass is 347 g/mol. The third-order valence-corrected chi connectivity index (χ3v) is 4.56. The van der Waals surface area contributed by atoms with E-state index in [1.165, 1.54) is 0 Å². The highest BCUT2D eigenvalue weighted by atomic mass is 16.5. The van der Waals surface area contributed by atoms with Gasteiger partial charge in [0.15, 0.2) is 0 Å². The predicted octanol–water partition coefficient (Wildman–Crippen LogP) is 2.93. The van der Waals surface area contributed by atoms with Crippen molar-refractivity contribution in [1.29, 1.82) is 0 Å². The summed E-state index contributed by atoms with van der Waals surface area (Å²) >= 11 is 0. The second-order valence-electron chi connectivity index (χ2n) is 6.35. The summed E-state index contributed by atoms with van der Waals surface area (Å²) < 4.78 is 5.39. The highest BCUT2D eigenvalue weighted by molar-refractivity contribution is 5.78. The number of hydrogen-bond donors (Lipinski definition) is 1. The van der Waals surface area contributed by atoms with Crippen molar-refractivity contribution in [1.82, 2.24) is 15.0 Å². The van der Waals surface area contributed by atoms with Crippen molar-refractivity contribution in [3.05, 3.63) is 54.6 Å². The molecule has 1 fully saturated rings. The standard InChI is InChI=1S/C20H21N5O/c1-14-2-3-16(12-22-14)18-10-17(13-24-20(18)21)15-4-5-19(23-11-15)25-6-8-26-9-7-25/h2-5,10-13H,6-9H2,1H3,(H2,21,24). The highest BCUT2D eigenvalue weighted by Gasteiger charge is 2.13. The van der Waals surface area contributed by atoms with Crippen molar-refractivity contribution in [2.75, 3.05) is 36.9 Å². The number of aryl methyl sites for hydroxylation is 1. The van der Waals surface area contributed by atoms with Crippen LogP contribution in [0.2, 0.25) is 0 Å². The molecular weight excluding hydrogens is 326 g/mol. The van der Waals surface area contributed by atoms with E-state index < -0.39 is 0 Å². The van der Waals surface area contributed by atoms with Gasteiger partial charge in [-0.05, 0) is 31.2 Å². The van der Waals surface area contributed by atoms with Crippen LogP contribution in [-0.2, 0) is 4.74 Å². The van der Waals surface area contributed by atoms with Gasteiger partial charge in [-0.2, -0.15) is 0 Å². The predicted molar refractivity (Wildman–Crippen MR) is 103 cm³/mol. The quantitative estimate of drug-likeness (QED) is 0.785. The van der Waals surface area contributed by atoms with Crippen molar-refractivity contribution in [2.24, 2.45) is 0 Å². The number of aromatic nitrogens is 3. The minimum atomic E-state index is 0.497. The molecule has 4 rings (SSSR count). The molecule has 1 aliphatic rings. The SMILES string of the molecule is Cc1ccc(-c2cc(-c3ccc(N4CCOCC4)nc3)cnc2N)cn1. The molecule has 0 bridgehead atoms. The van der Waals surface area contributed by atoms with Gasteiger partial charge in [-0.25, -0.2) is 9.97 Å². The minimum absolute atomic E-state index is 0.497. The summed E-state index contributed by atoms with van der Waals surface area (Å²) in [6.45, 7) is 5.21. The van der Waals surface area contributed by atoms with Crippen molar-refractivity contribution in [2.45, 2.75) is 6.92 Å². The number of nitrogens with two attached hydrogens (primary N) is 1. The summed E-state index contributed by atoms with van der Waals surface area (Å²) in [7, 11) is 0. The molecule has 132 valence electrons. The van der Waals surface area contributed by atoms with E-state index in [1.807, 2.05) is 43.6 Å². The second-order valence-corrected chi connectivity index (χ2v) is 6.35. The number of ether oxygens (including phenoxy) is 1. The first-order valence-corrected chi connectivity index (χ1v) is 8.68. The largest absolute Gasteiger partial charge is 0.383 e. The van der Waals surface area contributed by atoms with E-state index in [2.05, 4.69) is 25.9 Å². The maximum atomic E-state index is 6.09. The van der Waals surface area contributed by atoms with Crippen LogP contribution in [0.1, 0.15) is 5.69 Å². The number of nitrogen functional groups attached to an aromatic ring is 1. The number of rotatable bonds is 3. The number of nitrogens with zero attached hydrogens (tertiary/aromatic N) is 4. The van der Waals surface area contributed by atoms with Crippen LogP contribution in [0, 0.1) is 6.92 Å². The molecule has 26 heavy (non-hydrogen) atoms. The molecule has 0 amide bonds. The second kappa shape index (κ2) is 7.09. The molecule has 6 heteroatoms. The Morgan fingerprint density at radius 1 is 0.885 bits per heavy atom. The summed E-state index contributed by atoms with van der Waals surface area (Å²) in [5.74, 6) is 1.47. The third kappa shape index (κ3) is 3.36. The van der Waals surface area contributed by atoms with Gasteiger partial charge >= 0.3 is 0 Å². The van der Waals surface area contributed by atoms with Crippen LogP contribution in [0.4, 0.5) is 11.6 Å². The van der Waals surface area contributed by atoms with Gasteiger partial charge in [0.25, 0.3) is 0 Å². The first kappa shape index (κ1) is 16.5. The number of hydrogen-bond acceptors (Lipinski definition) is 6. The van der Waals surface area contributed by atoms with E-state index in [1.54, 1.807) is 6.20 Å². The normalized spacial score (nSPS) is 14.4. The van der Waals surface area contributed by atoms with Crippen LogP contribution in [0.5, 0.6) is 0 Å².